The fraction of sp³-hybridized carbons (Fsp3) is 1.00. The van der Waals surface area contributed by atoms with Crippen molar-refractivity contribution in [2.24, 2.45) is 0 Å². The van der Waals surface area contributed by atoms with Gasteiger partial charge in [-0.15, -0.1) is 0 Å². The summed E-state index contributed by atoms with van der Waals surface area (Å²) >= 11 is 0. The molecule has 0 bridgehead atoms. The van der Waals surface area contributed by atoms with E-state index in [0.717, 1.165) is 13.0 Å². The van der Waals surface area contributed by atoms with Crippen LogP contribution in [0.2, 0.25) is 0 Å². The zero-order chi connectivity index (χ0) is 9.28. The molecule has 0 unspecified atom stereocenters. The first kappa shape index (κ1) is 13.5. The zero-order valence-electron chi connectivity index (χ0n) is 8.04. The maximum Gasteiger partial charge on any atom is 0.164 e. The quantitative estimate of drug-likeness (QED) is 0.598. The molecule has 3 heteroatoms. The molecular weight excluding hydrogens is 142 g/mol. The van der Waals surface area contributed by atoms with E-state index in [-0.39, 0.29) is 0 Å². The van der Waals surface area contributed by atoms with Gasteiger partial charge in [-0.05, 0) is 20.0 Å². The molecule has 0 heterocycles. The average Bonchev–Trinajstić information content (AvgIpc) is 1.91. The zero-order valence-corrected chi connectivity index (χ0v) is 8.04. The van der Waals surface area contributed by atoms with Crippen molar-refractivity contribution < 1.29 is 10.2 Å². The number of aliphatic hydroxyl groups is 2. The highest BCUT2D eigenvalue weighted by molar-refractivity contribution is 4.49. The molecule has 0 aromatic carbocycles. The molecular formula is C8H21NO2. The van der Waals surface area contributed by atoms with Gasteiger partial charge in [-0.3, -0.25) is 0 Å². The lowest BCUT2D eigenvalue weighted by molar-refractivity contribution is -0.0571. The van der Waals surface area contributed by atoms with E-state index in [1.165, 1.54) is 0 Å². The van der Waals surface area contributed by atoms with Crippen molar-refractivity contribution in [1.29, 1.82) is 0 Å². The average molecular weight is 163 g/mol. The number of hydrogen-bond donors (Lipinski definition) is 2. The molecule has 11 heavy (non-hydrogen) atoms. The maximum absolute atomic E-state index is 8.46. The Bertz CT molecular complexity index is 67.1. The van der Waals surface area contributed by atoms with Gasteiger partial charge in [0.05, 0.1) is 0 Å². The Kier molecular flexibility index (Phi) is 12.1. The Morgan fingerprint density at radius 3 is 2.00 bits per heavy atom. The second-order valence-corrected chi connectivity index (χ2v) is 2.24. The van der Waals surface area contributed by atoms with E-state index in [4.69, 9.17) is 10.2 Å². The minimum atomic E-state index is -1.19. The van der Waals surface area contributed by atoms with Crippen LogP contribution in [-0.2, 0) is 0 Å². The number of aliphatic hydroxyl groups excluding tert-OH is 1. The molecule has 2 N–H and O–H groups in total. The third-order valence-corrected chi connectivity index (χ3v) is 1.08. The SMILES string of the molecule is CC.CCCN(C)CC(O)O. The lowest BCUT2D eigenvalue weighted by Gasteiger charge is -2.15. The van der Waals surface area contributed by atoms with E-state index >= 15 is 0 Å². The summed E-state index contributed by atoms with van der Waals surface area (Å²) in [6.45, 7) is 7.31. The summed E-state index contributed by atoms with van der Waals surface area (Å²) in [5.41, 5.74) is 0. The van der Waals surface area contributed by atoms with Crippen LogP contribution >= 0.6 is 0 Å². The molecule has 70 valence electrons. The Morgan fingerprint density at radius 1 is 1.27 bits per heavy atom. The van der Waals surface area contributed by atoms with Crippen molar-refractivity contribution in [3.05, 3.63) is 0 Å². The van der Waals surface area contributed by atoms with Crippen LogP contribution < -0.4 is 0 Å². The third kappa shape index (κ3) is 13.0. The van der Waals surface area contributed by atoms with Crippen LogP contribution in [0.4, 0.5) is 0 Å². The summed E-state index contributed by atoms with van der Waals surface area (Å²) in [6.07, 6.45) is -0.148. The summed E-state index contributed by atoms with van der Waals surface area (Å²) < 4.78 is 0. The molecule has 0 rings (SSSR count). The van der Waals surface area contributed by atoms with Gasteiger partial charge in [-0.2, -0.15) is 0 Å². The van der Waals surface area contributed by atoms with Crippen molar-refractivity contribution in [3.8, 4) is 0 Å². The maximum atomic E-state index is 8.46. The highest BCUT2D eigenvalue weighted by Crippen LogP contribution is 1.86. The molecule has 0 aliphatic rings. The van der Waals surface area contributed by atoms with E-state index in [1.54, 1.807) is 0 Å². The Hall–Kier alpha value is -0.120. The summed E-state index contributed by atoms with van der Waals surface area (Å²) in [4.78, 5) is 1.88. The van der Waals surface area contributed by atoms with Crippen molar-refractivity contribution in [3.63, 3.8) is 0 Å². The van der Waals surface area contributed by atoms with Crippen LogP contribution in [0.25, 0.3) is 0 Å². The van der Waals surface area contributed by atoms with E-state index < -0.39 is 6.29 Å². The van der Waals surface area contributed by atoms with Gasteiger partial charge in [-0.25, -0.2) is 0 Å². The van der Waals surface area contributed by atoms with Gasteiger partial charge >= 0.3 is 0 Å². The van der Waals surface area contributed by atoms with Crippen LogP contribution in [0, 0.1) is 0 Å². The van der Waals surface area contributed by atoms with Crippen LogP contribution in [0.5, 0.6) is 0 Å². The van der Waals surface area contributed by atoms with Crippen LogP contribution in [-0.4, -0.2) is 41.5 Å². The van der Waals surface area contributed by atoms with Gasteiger partial charge in [0.1, 0.15) is 0 Å². The van der Waals surface area contributed by atoms with E-state index in [0.29, 0.717) is 6.54 Å². The minimum Gasteiger partial charge on any atom is -0.367 e. The topological polar surface area (TPSA) is 43.7 Å². The first-order valence-corrected chi connectivity index (χ1v) is 4.21. The molecule has 0 aliphatic heterocycles. The molecule has 0 saturated heterocycles. The van der Waals surface area contributed by atoms with Crippen LogP contribution in [0.15, 0.2) is 0 Å². The number of nitrogens with zero attached hydrogens (tertiary/aromatic N) is 1. The van der Waals surface area contributed by atoms with Gasteiger partial charge in [0.2, 0.25) is 0 Å². The number of rotatable bonds is 4. The highest BCUT2D eigenvalue weighted by Gasteiger charge is 2.00. The van der Waals surface area contributed by atoms with Gasteiger partial charge in [0.25, 0.3) is 0 Å². The normalized spacial score (nSPS) is 9.82. The minimum absolute atomic E-state index is 0.341. The third-order valence-electron chi connectivity index (χ3n) is 1.08. The fourth-order valence-corrected chi connectivity index (χ4v) is 0.752. The van der Waals surface area contributed by atoms with Crippen molar-refractivity contribution in [2.75, 3.05) is 20.1 Å². The summed E-state index contributed by atoms with van der Waals surface area (Å²) in [7, 11) is 1.86. The molecule has 0 aliphatic carbocycles. The molecule has 0 aromatic heterocycles. The second-order valence-electron chi connectivity index (χ2n) is 2.24. The molecule has 0 saturated carbocycles. The fourth-order valence-electron chi connectivity index (χ4n) is 0.752. The van der Waals surface area contributed by atoms with E-state index in [2.05, 4.69) is 6.92 Å². The number of likely N-dealkylation sites (N-methyl/N-ethyl adjacent to an activating group) is 1. The molecule has 0 amide bonds. The van der Waals surface area contributed by atoms with Crippen molar-refractivity contribution in [2.45, 2.75) is 33.5 Å². The summed E-state index contributed by atoms with van der Waals surface area (Å²) in [6, 6.07) is 0. The van der Waals surface area contributed by atoms with Crippen LogP contribution in [0.3, 0.4) is 0 Å². The Morgan fingerprint density at radius 2 is 1.73 bits per heavy atom. The Labute approximate surface area is 69.6 Å². The second kappa shape index (κ2) is 9.88. The van der Waals surface area contributed by atoms with Crippen molar-refractivity contribution in [1.82, 2.24) is 4.90 Å². The largest absolute Gasteiger partial charge is 0.367 e. The van der Waals surface area contributed by atoms with Gasteiger partial charge in [0.15, 0.2) is 6.29 Å². The van der Waals surface area contributed by atoms with Crippen LogP contribution in [0.1, 0.15) is 27.2 Å². The number of hydrogen-bond acceptors (Lipinski definition) is 3. The van der Waals surface area contributed by atoms with E-state index in [9.17, 15) is 0 Å². The monoisotopic (exact) mass is 163 g/mol. The summed E-state index contributed by atoms with van der Waals surface area (Å²) in [5, 5.41) is 16.9. The molecule has 0 atom stereocenters. The molecule has 0 radical (unpaired) electrons. The predicted octanol–water partition coefficient (Wildman–Crippen LogP) is 0.665. The first-order chi connectivity index (χ1) is 5.16. The molecule has 0 aromatic rings. The molecule has 0 fully saturated rings. The predicted molar refractivity (Wildman–Crippen MR) is 47.4 cm³/mol. The lowest BCUT2D eigenvalue weighted by Crippen LogP contribution is -2.29. The highest BCUT2D eigenvalue weighted by atomic mass is 16.5. The van der Waals surface area contributed by atoms with Gasteiger partial charge in [-0.1, -0.05) is 20.8 Å². The standard InChI is InChI=1S/C6H15NO2.C2H6/c1-3-4-7(2)5-6(8)9;1-2/h6,8-9H,3-5H2,1-2H3;1-2H3. The van der Waals surface area contributed by atoms with Crippen molar-refractivity contribution >= 4 is 0 Å². The first-order valence-electron chi connectivity index (χ1n) is 4.21. The molecule has 3 nitrogen and oxygen atoms in total. The smallest absolute Gasteiger partial charge is 0.164 e. The van der Waals surface area contributed by atoms with E-state index in [1.807, 2.05) is 25.8 Å². The summed E-state index contributed by atoms with van der Waals surface area (Å²) in [5.74, 6) is 0. The lowest BCUT2D eigenvalue weighted by atomic mass is 10.4. The van der Waals surface area contributed by atoms with Gasteiger partial charge in [0, 0.05) is 6.54 Å². The molecule has 0 spiro atoms. The Balaban J connectivity index is 0. The van der Waals surface area contributed by atoms with Gasteiger partial charge < -0.3 is 15.1 Å².